The predicted molar refractivity (Wildman–Crippen MR) is 78.7 cm³/mol. The number of para-hydroxylation sites is 2. The Hall–Kier alpha value is -2.69. The van der Waals surface area contributed by atoms with Crippen molar-refractivity contribution in [3.63, 3.8) is 0 Å². The molecular formula is C15H16N2O3. The molecule has 2 rings (SSSR count). The molecule has 0 bridgehead atoms. The highest BCUT2D eigenvalue weighted by molar-refractivity contribution is 5.96. The second-order valence-electron chi connectivity index (χ2n) is 4.16. The molecule has 0 radical (unpaired) electrons. The number of rotatable bonds is 5. The van der Waals surface area contributed by atoms with Gasteiger partial charge in [-0.1, -0.05) is 12.1 Å². The fourth-order valence-electron chi connectivity index (χ4n) is 1.85. The van der Waals surface area contributed by atoms with Crippen LogP contribution in [0.3, 0.4) is 0 Å². The van der Waals surface area contributed by atoms with Gasteiger partial charge < -0.3 is 20.9 Å². The Morgan fingerprint density at radius 2 is 2.00 bits per heavy atom. The molecule has 0 saturated heterocycles. The normalized spacial score (nSPS) is 10.1. The largest absolute Gasteiger partial charge is 0.492 e. The van der Waals surface area contributed by atoms with Gasteiger partial charge in [0.1, 0.15) is 5.75 Å². The molecule has 0 aromatic heterocycles. The Morgan fingerprint density at radius 3 is 2.70 bits per heavy atom. The van der Waals surface area contributed by atoms with Crippen molar-refractivity contribution in [3.05, 3.63) is 48.0 Å². The Bertz CT molecular complexity index is 626. The third-order valence-electron chi connectivity index (χ3n) is 2.73. The number of nitrogens with one attached hydrogen (secondary N) is 1. The Balaban J connectivity index is 2.39. The first-order chi connectivity index (χ1) is 9.61. The van der Waals surface area contributed by atoms with Crippen molar-refractivity contribution >= 4 is 23.0 Å². The summed E-state index contributed by atoms with van der Waals surface area (Å²) in [4.78, 5) is 11.2. The maximum atomic E-state index is 11.2. The van der Waals surface area contributed by atoms with E-state index in [9.17, 15) is 9.90 Å². The molecule has 0 spiro atoms. The van der Waals surface area contributed by atoms with E-state index in [2.05, 4.69) is 5.32 Å². The van der Waals surface area contributed by atoms with Crippen LogP contribution in [0.2, 0.25) is 0 Å². The van der Waals surface area contributed by atoms with Gasteiger partial charge in [0.15, 0.2) is 0 Å². The lowest BCUT2D eigenvalue weighted by Gasteiger charge is -2.14. The molecule has 0 fully saturated rings. The second kappa shape index (κ2) is 5.97. The quantitative estimate of drug-likeness (QED) is 0.728. The summed E-state index contributed by atoms with van der Waals surface area (Å²) in [6.45, 7) is 2.42. The third kappa shape index (κ3) is 3.00. The monoisotopic (exact) mass is 272 g/mol. The molecule has 0 saturated carbocycles. The highest BCUT2D eigenvalue weighted by Gasteiger charge is 2.12. The summed E-state index contributed by atoms with van der Waals surface area (Å²) in [5.41, 5.74) is 7.50. The average Bonchev–Trinajstić information content (AvgIpc) is 2.41. The molecule has 104 valence electrons. The van der Waals surface area contributed by atoms with E-state index >= 15 is 0 Å². The lowest BCUT2D eigenvalue weighted by molar-refractivity contribution is 0.0698. The van der Waals surface area contributed by atoms with Crippen molar-refractivity contribution in [3.8, 4) is 5.75 Å². The summed E-state index contributed by atoms with van der Waals surface area (Å²) in [5, 5.41) is 12.3. The molecule has 0 aliphatic heterocycles. The van der Waals surface area contributed by atoms with Crippen LogP contribution in [-0.2, 0) is 0 Å². The van der Waals surface area contributed by atoms with Crippen LogP contribution in [0, 0.1) is 0 Å². The van der Waals surface area contributed by atoms with Crippen LogP contribution in [0.15, 0.2) is 42.5 Å². The van der Waals surface area contributed by atoms with Crippen molar-refractivity contribution in [1.29, 1.82) is 0 Å². The fraction of sp³-hybridized carbons (Fsp3) is 0.133. The molecule has 0 amide bonds. The summed E-state index contributed by atoms with van der Waals surface area (Å²) in [6.07, 6.45) is 0. The lowest BCUT2D eigenvalue weighted by atomic mass is 10.1. The van der Waals surface area contributed by atoms with Crippen LogP contribution in [0.4, 0.5) is 17.1 Å². The average molecular weight is 272 g/mol. The standard InChI is InChI=1S/C15H16N2O3/c1-2-20-14-6-4-3-5-12(14)17-13-9-10(16)7-8-11(13)15(18)19/h3-9,17H,2,16H2,1H3,(H,18,19). The van der Waals surface area contributed by atoms with Crippen LogP contribution >= 0.6 is 0 Å². The predicted octanol–water partition coefficient (Wildman–Crippen LogP) is 3.11. The Labute approximate surface area is 117 Å². The number of nitrogens with two attached hydrogens (primary N) is 1. The van der Waals surface area contributed by atoms with E-state index < -0.39 is 5.97 Å². The van der Waals surface area contributed by atoms with Crippen molar-refractivity contribution in [2.75, 3.05) is 17.7 Å². The first-order valence-electron chi connectivity index (χ1n) is 6.23. The zero-order valence-corrected chi connectivity index (χ0v) is 11.1. The highest BCUT2D eigenvalue weighted by Crippen LogP contribution is 2.30. The first-order valence-corrected chi connectivity index (χ1v) is 6.23. The molecule has 0 aliphatic rings. The van der Waals surface area contributed by atoms with Gasteiger partial charge in [0.2, 0.25) is 0 Å². The van der Waals surface area contributed by atoms with Gasteiger partial charge in [-0.15, -0.1) is 0 Å². The molecule has 5 nitrogen and oxygen atoms in total. The van der Waals surface area contributed by atoms with Gasteiger partial charge in [0.05, 0.1) is 23.5 Å². The number of anilines is 3. The van der Waals surface area contributed by atoms with E-state index in [1.165, 1.54) is 6.07 Å². The smallest absolute Gasteiger partial charge is 0.337 e. The number of hydrogen-bond donors (Lipinski definition) is 3. The van der Waals surface area contributed by atoms with Gasteiger partial charge in [0, 0.05) is 5.69 Å². The van der Waals surface area contributed by atoms with Crippen LogP contribution in [0.25, 0.3) is 0 Å². The summed E-state index contributed by atoms with van der Waals surface area (Å²) >= 11 is 0. The lowest BCUT2D eigenvalue weighted by Crippen LogP contribution is -2.05. The molecule has 0 unspecified atom stereocenters. The Kier molecular flexibility index (Phi) is 4.10. The van der Waals surface area contributed by atoms with E-state index in [1.54, 1.807) is 12.1 Å². The molecule has 20 heavy (non-hydrogen) atoms. The number of nitrogen functional groups attached to an aromatic ring is 1. The van der Waals surface area contributed by atoms with E-state index in [1.807, 2.05) is 31.2 Å². The third-order valence-corrected chi connectivity index (χ3v) is 2.73. The number of ether oxygens (including phenoxy) is 1. The maximum Gasteiger partial charge on any atom is 0.337 e. The van der Waals surface area contributed by atoms with Gasteiger partial charge in [-0.05, 0) is 37.3 Å². The van der Waals surface area contributed by atoms with Crippen molar-refractivity contribution < 1.29 is 14.6 Å². The molecular weight excluding hydrogens is 256 g/mol. The summed E-state index contributed by atoms with van der Waals surface area (Å²) in [6, 6.07) is 12.0. The molecule has 0 heterocycles. The zero-order valence-electron chi connectivity index (χ0n) is 11.1. The summed E-state index contributed by atoms with van der Waals surface area (Å²) in [7, 11) is 0. The van der Waals surface area contributed by atoms with Gasteiger partial charge >= 0.3 is 5.97 Å². The fourth-order valence-corrected chi connectivity index (χ4v) is 1.85. The minimum Gasteiger partial charge on any atom is -0.492 e. The molecule has 5 heteroatoms. The van der Waals surface area contributed by atoms with Gasteiger partial charge in [-0.2, -0.15) is 0 Å². The number of carboxylic acid groups (broad SMARTS) is 1. The molecule has 0 aliphatic carbocycles. The van der Waals surface area contributed by atoms with E-state index in [0.717, 1.165) is 0 Å². The number of hydrogen-bond acceptors (Lipinski definition) is 4. The molecule has 2 aromatic carbocycles. The molecule has 0 atom stereocenters. The van der Waals surface area contributed by atoms with Crippen LogP contribution in [-0.4, -0.2) is 17.7 Å². The van der Waals surface area contributed by atoms with E-state index in [4.69, 9.17) is 10.5 Å². The van der Waals surface area contributed by atoms with Gasteiger partial charge in [0.25, 0.3) is 0 Å². The first kappa shape index (κ1) is 13.7. The molecule has 2 aromatic rings. The van der Waals surface area contributed by atoms with Crippen LogP contribution in [0.5, 0.6) is 5.75 Å². The number of carboxylic acids is 1. The number of benzene rings is 2. The second-order valence-corrected chi connectivity index (χ2v) is 4.16. The minimum atomic E-state index is -1.01. The van der Waals surface area contributed by atoms with E-state index in [-0.39, 0.29) is 5.56 Å². The Morgan fingerprint density at radius 1 is 1.25 bits per heavy atom. The van der Waals surface area contributed by atoms with Crippen molar-refractivity contribution in [1.82, 2.24) is 0 Å². The maximum absolute atomic E-state index is 11.2. The highest BCUT2D eigenvalue weighted by atomic mass is 16.5. The van der Waals surface area contributed by atoms with Crippen molar-refractivity contribution in [2.24, 2.45) is 0 Å². The number of aromatic carboxylic acids is 1. The van der Waals surface area contributed by atoms with Crippen LogP contribution < -0.4 is 15.8 Å². The SMILES string of the molecule is CCOc1ccccc1Nc1cc(N)ccc1C(=O)O. The number of carbonyl (C=O) groups is 1. The van der Waals surface area contributed by atoms with Gasteiger partial charge in [-0.3, -0.25) is 0 Å². The van der Waals surface area contributed by atoms with Gasteiger partial charge in [-0.25, -0.2) is 4.79 Å². The topological polar surface area (TPSA) is 84.6 Å². The van der Waals surface area contributed by atoms with Crippen molar-refractivity contribution in [2.45, 2.75) is 6.92 Å². The zero-order chi connectivity index (χ0) is 14.5. The summed E-state index contributed by atoms with van der Waals surface area (Å²) in [5.74, 6) is -0.352. The summed E-state index contributed by atoms with van der Waals surface area (Å²) < 4.78 is 5.50. The van der Waals surface area contributed by atoms with Crippen LogP contribution in [0.1, 0.15) is 17.3 Å². The minimum absolute atomic E-state index is 0.158. The van der Waals surface area contributed by atoms with E-state index in [0.29, 0.717) is 29.4 Å². The molecule has 4 N–H and O–H groups in total.